The standard InChI is InChI=1S/C25H24N4O2S2/c26-16-18-5-9-22-19(15-18)6-8-21(29-22)7-4-17-2-1-3-20(14-17)25(32-12-10-23(27)30)33-13-11-24(28)31/h1-9,14-15,25H,10-13H2,(H2,27,30)(H2,28,31). The third kappa shape index (κ3) is 7.67. The third-order valence-corrected chi connectivity index (χ3v) is 7.55. The highest BCUT2D eigenvalue weighted by Gasteiger charge is 2.14. The fourth-order valence-electron chi connectivity index (χ4n) is 3.07. The summed E-state index contributed by atoms with van der Waals surface area (Å²) in [6.07, 6.45) is 4.56. The van der Waals surface area contributed by atoms with E-state index in [-0.39, 0.29) is 16.4 Å². The number of pyridine rings is 1. The van der Waals surface area contributed by atoms with Crippen LogP contribution in [-0.4, -0.2) is 28.3 Å². The lowest BCUT2D eigenvalue weighted by atomic mass is 10.1. The summed E-state index contributed by atoms with van der Waals surface area (Å²) in [6.45, 7) is 0. The number of rotatable bonds is 11. The molecular weight excluding hydrogens is 452 g/mol. The van der Waals surface area contributed by atoms with Crippen LogP contribution in [0.2, 0.25) is 0 Å². The second kappa shape index (κ2) is 12.1. The van der Waals surface area contributed by atoms with Crippen LogP contribution in [0, 0.1) is 11.3 Å². The van der Waals surface area contributed by atoms with E-state index in [1.54, 1.807) is 29.6 Å². The lowest BCUT2D eigenvalue weighted by Gasteiger charge is -2.17. The topological polar surface area (TPSA) is 123 Å². The fraction of sp³-hybridized carbons (Fsp3) is 0.200. The molecule has 0 bridgehead atoms. The smallest absolute Gasteiger partial charge is 0.218 e. The third-order valence-electron chi connectivity index (χ3n) is 4.70. The first kappa shape index (κ1) is 24.4. The molecule has 0 aliphatic carbocycles. The number of nitriles is 1. The van der Waals surface area contributed by atoms with Gasteiger partial charge in [-0.05, 0) is 47.5 Å². The number of primary amides is 2. The predicted molar refractivity (Wildman–Crippen MR) is 137 cm³/mol. The highest BCUT2D eigenvalue weighted by atomic mass is 32.2. The Morgan fingerprint density at radius 2 is 1.70 bits per heavy atom. The molecule has 0 radical (unpaired) electrons. The van der Waals surface area contributed by atoms with Crippen LogP contribution in [0.15, 0.2) is 54.6 Å². The SMILES string of the molecule is N#Cc1ccc2nc(C=Cc3cccc(C(SCCC(N)=O)SCCC(N)=O)c3)ccc2c1. The van der Waals surface area contributed by atoms with Crippen molar-refractivity contribution in [3.05, 3.63) is 77.0 Å². The summed E-state index contributed by atoms with van der Waals surface area (Å²) in [7, 11) is 0. The van der Waals surface area contributed by atoms with Crippen molar-refractivity contribution in [2.24, 2.45) is 11.5 Å². The number of hydrogen-bond acceptors (Lipinski definition) is 6. The lowest BCUT2D eigenvalue weighted by Crippen LogP contribution is -2.12. The van der Waals surface area contributed by atoms with Gasteiger partial charge in [-0.2, -0.15) is 5.26 Å². The van der Waals surface area contributed by atoms with Gasteiger partial charge in [-0.3, -0.25) is 9.59 Å². The van der Waals surface area contributed by atoms with E-state index in [9.17, 15) is 9.59 Å². The number of aromatic nitrogens is 1. The Hall–Kier alpha value is -3.28. The molecule has 2 aromatic carbocycles. The molecule has 0 unspecified atom stereocenters. The summed E-state index contributed by atoms with van der Waals surface area (Å²) in [4.78, 5) is 26.9. The molecule has 0 atom stereocenters. The van der Waals surface area contributed by atoms with Crippen LogP contribution in [0.25, 0.3) is 23.1 Å². The fourth-order valence-corrected chi connectivity index (χ4v) is 5.77. The van der Waals surface area contributed by atoms with Crippen molar-refractivity contribution < 1.29 is 9.59 Å². The first-order chi connectivity index (χ1) is 15.9. The first-order valence-corrected chi connectivity index (χ1v) is 12.4. The van der Waals surface area contributed by atoms with E-state index >= 15 is 0 Å². The highest BCUT2D eigenvalue weighted by molar-refractivity contribution is 8.16. The Morgan fingerprint density at radius 1 is 0.970 bits per heavy atom. The maximum absolute atomic E-state index is 11.1. The molecule has 0 aliphatic heterocycles. The summed E-state index contributed by atoms with van der Waals surface area (Å²) >= 11 is 3.27. The van der Waals surface area contributed by atoms with Crippen LogP contribution in [0.4, 0.5) is 0 Å². The van der Waals surface area contributed by atoms with Crippen LogP contribution in [0.5, 0.6) is 0 Å². The molecule has 1 aromatic heterocycles. The molecule has 0 saturated heterocycles. The van der Waals surface area contributed by atoms with Crippen molar-refractivity contribution in [2.45, 2.75) is 17.4 Å². The maximum atomic E-state index is 11.1. The second-order valence-corrected chi connectivity index (χ2v) is 9.99. The monoisotopic (exact) mass is 476 g/mol. The molecule has 1 heterocycles. The number of fused-ring (bicyclic) bond motifs is 1. The van der Waals surface area contributed by atoms with E-state index in [1.165, 1.54) is 0 Å². The number of carbonyl (C=O) groups excluding carboxylic acids is 2. The van der Waals surface area contributed by atoms with Crippen molar-refractivity contribution in [3.63, 3.8) is 0 Å². The van der Waals surface area contributed by atoms with E-state index in [0.29, 0.717) is 29.9 Å². The zero-order chi connectivity index (χ0) is 23.6. The van der Waals surface area contributed by atoms with Crippen LogP contribution >= 0.6 is 23.5 Å². The molecule has 168 valence electrons. The van der Waals surface area contributed by atoms with Crippen molar-refractivity contribution >= 4 is 58.4 Å². The summed E-state index contributed by atoms with van der Waals surface area (Å²) in [5, 5.41) is 9.97. The lowest BCUT2D eigenvalue weighted by molar-refractivity contribution is -0.118. The summed E-state index contributed by atoms with van der Waals surface area (Å²) in [6, 6.07) is 19.6. The molecule has 0 spiro atoms. The summed E-state index contributed by atoms with van der Waals surface area (Å²) in [5.41, 5.74) is 14.9. The van der Waals surface area contributed by atoms with Crippen molar-refractivity contribution in [3.8, 4) is 6.07 Å². The van der Waals surface area contributed by atoms with E-state index in [0.717, 1.165) is 27.7 Å². The van der Waals surface area contributed by atoms with Crippen molar-refractivity contribution in [1.29, 1.82) is 5.26 Å². The normalized spacial score (nSPS) is 11.2. The highest BCUT2D eigenvalue weighted by Crippen LogP contribution is 2.40. The Bertz CT molecular complexity index is 1200. The van der Waals surface area contributed by atoms with Gasteiger partial charge >= 0.3 is 0 Å². The minimum Gasteiger partial charge on any atom is -0.370 e. The van der Waals surface area contributed by atoms with Gasteiger partial charge in [-0.15, -0.1) is 23.5 Å². The van der Waals surface area contributed by atoms with Crippen LogP contribution in [0.3, 0.4) is 0 Å². The number of hydrogen-bond donors (Lipinski definition) is 2. The molecule has 4 N–H and O–H groups in total. The molecule has 0 saturated carbocycles. The van der Waals surface area contributed by atoms with Gasteiger partial charge in [0.2, 0.25) is 11.8 Å². The molecule has 33 heavy (non-hydrogen) atoms. The van der Waals surface area contributed by atoms with E-state index < -0.39 is 0 Å². The minimum atomic E-state index is -0.327. The van der Waals surface area contributed by atoms with Crippen molar-refractivity contribution in [1.82, 2.24) is 4.98 Å². The summed E-state index contributed by atoms with van der Waals surface area (Å²) < 4.78 is 0.0603. The Morgan fingerprint density at radius 3 is 2.36 bits per heavy atom. The molecule has 2 amide bonds. The Labute approximate surface area is 201 Å². The second-order valence-electron chi connectivity index (χ2n) is 7.26. The van der Waals surface area contributed by atoms with Crippen molar-refractivity contribution in [2.75, 3.05) is 11.5 Å². The molecule has 0 aliphatic rings. The van der Waals surface area contributed by atoms with Gasteiger partial charge in [-0.25, -0.2) is 4.98 Å². The van der Waals surface area contributed by atoms with Gasteiger partial charge in [0, 0.05) is 29.7 Å². The molecule has 0 fully saturated rings. The van der Waals surface area contributed by atoms with Gasteiger partial charge < -0.3 is 11.5 Å². The van der Waals surface area contributed by atoms with E-state index in [4.69, 9.17) is 16.7 Å². The number of nitrogens with two attached hydrogens (primary N) is 2. The van der Waals surface area contributed by atoms with Crippen LogP contribution in [-0.2, 0) is 9.59 Å². The molecule has 3 aromatic rings. The Kier molecular flexibility index (Phi) is 8.93. The average molecular weight is 477 g/mol. The first-order valence-electron chi connectivity index (χ1n) is 10.3. The predicted octanol–water partition coefficient (Wildman–Crippen LogP) is 4.49. The van der Waals surface area contributed by atoms with Gasteiger partial charge in [0.1, 0.15) is 0 Å². The van der Waals surface area contributed by atoms with Crippen LogP contribution in [0.1, 0.15) is 39.8 Å². The zero-order valence-electron chi connectivity index (χ0n) is 17.9. The molecule has 3 rings (SSSR count). The number of carbonyl (C=O) groups is 2. The van der Waals surface area contributed by atoms with Gasteiger partial charge in [0.05, 0.1) is 27.4 Å². The molecular formula is C25H24N4O2S2. The van der Waals surface area contributed by atoms with Crippen LogP contribution < -0.4 is 11.5 Å². The summed E-state index contributed by atoms with van der Waals surface area (Å²) in [5.74, 6) is 0.565. The quantitative estimate of drug-likeness (QED) is 0.393. The van der Waals surface area contributed by atoms with E-state index in [2.05, 4.69) is 17.1 Å². The Balaban J connectivity index is 1.75. The van der Waals surface area contributed by atoms with Gasteiger partial charge in [-0.1, -0.05) is 30.3 Å². The largest absolute Gasteiger partial charge is 0.370 e. The maximum Gasteiger partial charge on any atom is 0.218 e. The van der Waals surface area contributed by atoms with Gasteiger partial charge in [0.15, 0.2) is 0 Å². The molecule has 6 nitrogen and oxygen atoms in total. The number of amides is 2. The van der Waals surface area contributed by atoms with E-state index in [1.807, 2.05) is 54.6 Å². The van der Waals surface area contributed by atoms with Gasteiger partial charge in [0.25, 0.3) is 0 Å². The average Bonchev–Trinajstić information content (AvgIpc) is 2.81. The zero-order valence-corrected chi connectivity index (χ0v) is 19.6. The number of nitrogens with zero attached hydrogens (tertiary/aromatic N) is 2. The molecule has 8 heteroatoms. The minimum absolute atomic E-state index is 0.0603. The number of thioether (sulfide) groups is 2. The number of benzene rings is 2.